The van der Waals surface area contributed by atoms with Gasteiger partial charge in [0.15, 0.2) is 0 Å². The van der Waals surface area contributed by atoms with E-state index >= 15 is 0 Å². The largest absolute Gasteiger partial charge is 0.497 e. The molecule has 0 aliphatic carbocycles. The molecule has 1 aromatic heterocycles. The van der Waals surface area contributed by atoms with Gasteiger partial charge in [-0.15, -0.1) is 0 Å². The Morgan fingerprint density at radius 1 is 1.04 bits per heavy atom. The maximum atomic E-state index is 12.2. The van der Waals surface area contributed by atoms with E-state index in [9.17, 15) is 4.79 Å². The lowest BCUT2D eigenvalue weighted by Crippen LogP contribution is -2.12. The molecule has 1 amide bonds. The molecule has 1 heterocycles. The van der Waals surface area contributed by atoms with Gasteiger partial charge in [-0.25, -0.2) is 4.98 Å². The lowest BCUT2D eigenvalue weighted by atomic mass is 10.2. The van der Waals surface area contributed by atoms with Crippen LogP contribution >= 0.6 is 11.6 Å². The fourth-order valence-electron chi connectivity index (χ4n) is 2.23. The highest BCUT2D eigenvalue weighted by Gasteiger charge is 2.10. The highest BCUT2D eigenvalue weighted by Crippen LogP contribution is 2.21. The van der Waals surface area contributed by atoms with Crippen LogP contribution in [0, 0.1) is 0 Å². The number of hydrogen-bond acceptors (Lipinski definition) is 4. The molecule has 3 rings (SSSR count). The van der Waals surface area contributed by atoms with E-state index in [2.05, 4.69) is 15.6 Å². The Morgan fingerprint density at radius 3 is 2.60 bits per heavy atom. The summed E-state index contributed by atoms with van der Waals surface area (Å²) < 4.78 is 5.19. The zero-order valence-corrected chi connectivity index (χ0v) is 14.2. The van der Waals surface area contributed by atoms with E-state index in [4.69, 9.17) is 16.3 Å². The number of amides is 1. The lowest BCUT2D eigenvalue weighted by Gasteiger charge is -2.09. The molecular formula is C19H16ClN3O2. The lowest BCUT2D eigenvalue weighted by molar-refractivity contribution is 0.102. The molecule has 0 spiro atoms. The Labute approximate surface area is 150 Å². The van der Waals surface area contributed by atoms with E-state index in [0.29, 0.717) is 22.1 Å². The second kappa shape index (κ2) is 7.68. The van der Waals surface area contributed by atoms with E-state index < -0.39 is 0 Å². The van der Waals surface area contributed by atoms with Crippen molar-refractivity contribution in [3.8, 4) is 5.75 Å². The van der Waals surface area contributed by atoms with Gasteiger partial charge in [0.25, 0.3) is 5.91 Å². The number of ether oxygens (including phenoxy) is 1. The number of benzene rings is 2. The number of anilines is 3. The highest BCUT2D eigenvalue weighted by atomic mass is 35.5. The minimum atomic E-state index is -0.277. The first kappa shape index (κ1) is 16.8. The van der Waals surface area contributed by atoms with Gasteiger partial charge in [-0.3, -0.25) is 4.79 Å². The SMILES string of the molecule is COc1cccc(Nc2ccc(NC(=O)c3ccccc3Cl)cn2)c1. The number of carbonyl (C=O) groups is 1. The van der Waals surface area contributed by atoms with Crippen molar-refractivity contribution in [3.05, 3.63) is 77.4 Å². The third-order valence-corrected chi connectivity index (χ3v) is 3.81. The standard InChI is InChI=1S/C19H16ClN3O2/c1-25-15-6-4-5-13(11-15)22-18-10-9-14(12-21-18)23-19(24)16-7-2-3-8-17(16)20/h2-12H,1H3,(H,21,22)(H,23,24). The Bertz CT molecular complexity index is 882. The molecule has 0 saturated heterocycles. The third-order valence-electron chi connectivity index (χ3n) is 3.48. The van der Waals surface area contributed by atoms with Crippen LogP contribution in [-0.4, -0.2) is 18.0 Å². The monoisotopic (exact) mass is 353 g/mol. The number of nitrogens with zero attached hydrogens (tertiary/aromatic N) is 1. The first-order valence-corrected chi connectivity index (χ1v) is 7.96. The Kier molecular flexibility index (Phi) is 5.16. The number of hydrogen-bond donors (Lipinski definition) is 2. The minimum Gasteiger partial charge on any atom is -0.497 e. The van der Waals surface area contributed by atoms with Crippen LogP contribution in [0.5, 0.6) is 5.75 Å². The minimum absolute atomic E-state index is 0.277. The molecule has 2 N–H and O–H groups in total. The molecule has 6 heteroatoms. The number of halogens is 1. The molecule has 0 aliphatic heterocycles. The Morgan fingerprint density at radius 2 is 1.88 bits per heavy atom. The number of nitrogens with one attached hydrogen (secondary N) is 2. The molecular weight excluding hydrogens is 338 g/mol. The molecule has 25 heavy (non-hydrogen) atoms. The quantitative estimate of drug-likeness (QED) is 0.695. The van der Waals surface area contributed by atoms with Crippen LogP contribution in [0.4, 0.5) is 17.2 Å². The summed E-state index contributed by atoms with van der Waals surface area (Å²) in [6, 6.07) is 18.0. The van der Waals surface area contributed by atoms with Gasteiger partial charge in [0.2, 0.25) is 0 Å². The van der Waals surface area contributed by atoms with Gasteiger partial charge >= 0.3 is 0 Å². The average Bonchev–Trinajstić information content (AvgIpc) is 2.64. The van der Waals surface area contributed by atoms with Gasteiger partial charge in [0, 0.05) is 11.8 Å². The van der Waals surface area contributed by atoms with Crippen molar-refractivity contribution in [2.75, 3.05) is 17.7 Å². The predicted molar refractivity (Wildman–Crippen MR) is 99.9 cm³/mol. The topological polar surface area (TPSA) is 63.2 Å². The predicted octanol–water partition coefficient (Wildman–Crippen LogP) is 4.74. The molecule has 0 bridgehead atoms. The summed E-state index contributed by atoms with van der Waals surface area (Å²) in [5.74, 6) is 1.14. The van der Waals surface area contributed by atoms with Crippen LogP contribution in [0.1, 0.15) is 10.4 Å². The zero-order valence-electron chi connectivity index (χ0n) is 13.5. The van der Waals surface area contributed by atoms with E-state index in [1.54, 1.807) is 49.7 Å². The van der Waals surface area contributed by atoms with Crippen LogP contribution in [0.15, 0.2) is 66.9 Å². The third kappa shape index (κ3) is 4.28. The van der Waals surface area contributed by atoms with Gasteiger partial charge in [0.05, 0.1) is 29.6 Å². The molecule has 0 atom stereocenters. The smallest absolute Gasteiger partial charge is 0.257 e. The Balaban J connectivity index is 1.68. The van der Waals surface area contributed by atoms with E-state index in [1.165, 1.54) is 0 Å². The van der Waals surface area contributed by atoms with E-state index in [1.807, 2.05) is 24.3 Å². The van der Waals surface area contributed by atoms with Crippen LogP contribution in [0.3, 0.4) is 0 Å². The first-order valence-electron chi connectivity index (χ1n) is 7.59. The molecule has 0 radical (unpaired) electrons. The van der Waals surface area contributed by atoms with E-state index in [0.717, 1.165) is 11.4 Å². The fourth-order valence-corrected chi connectivity index (χ4v) is 2.46. The van der Waals surface area contributed by atoms with Crippen LogP contribution in [-0.2, 0) is 0 Å². The summed E-state index contributed by atoms with van der Waals surface area (Å²) in [7, 11) is 1.62. The summed E-state index contributed by atoms with van der Waals surface area (Å²) in [6.07, 6.45) is 1.58. The summed E-state index contributed by atoms with van der Waals surface area (Å²) in [5.41, 5.74) is 1.86. The van der Waals surface area contributed by atoms with Gasteiger partial charge in [0.1, 0.15) is 11.6 Å². The highest BCUT2D eigenvalue weighted by molar-refractivity contribution is 6.34. The maximum absolute atomic E-state index is 12.2. The van der Waals surface area contributed by atoms with E-state index in [-0.39, 0.29) is 5.91 Å². The molecule has 0 saturated carbocycles. The Hall–Kier alpha value is -3.05. The van der Waals surface area contributed by atoms with Gasteiger partial charge in [-0.05, 0) is 36.4 Å². The average molecular weight is 354 g/mol. The van der Waals surface area contributed by atoms with Crippen molar-refractivity contribution < 1.29 is 9.53 Å². The van der Waals surface area contributed by atoms with Crippen molar-refractivity contribution in [1.29, 1.82) is 0 Å². The molecule has 3 aromatic rings. The first-order chi connectivity index (χ1) is 12.2. The summed E-state index contributed by atoms with van der Waals surface area (Å²) >= 11 is 6.03. The van der Waals surface area contributed by atoms with Crippen molar-refractivity contribution in [1.82, 2.24) is 4.98 Å². The van der Waals surface area contributed by atoms with Crippen LogP contribution < -0.4 is 15.4 Å². The van der Waals surface area contributed by atoms with Gasteiger partial charge in [-0.2, -0.15) is 0 Å². The molecule has 0 aliphatic rings. The summed E-state index contributed by atoms with van der Waals surface area (Å²) in [5, 5.41) is 6.36. The van der Waals surface area contributed by atoms with Crippen LogP contribution in [0.2, 0.25) is 5.02 Å². The normalized spacial score (nSPS) is 10.2. The zero-order chi connectivity index (χ0) is 17.6. The number of methoxy groups -OCH3 is 1. The summed E-state index contributed by atoms with van der Waals surface area (Å²) in [6.45, 7) is 0. The maximum Gasteiger partial charge on any atom is 0.257 e. The number of aromatic nitrogens is 1. The van der Waals surface area contributed by atoms with Crippen molar-refractivity contribution in [2.24, 2.45) is 0 Å². The molecule has 0 fully saturated rings. The second-order valence-corrected chi connectivity index (χ2v) is 5.63. The second-order valence-electron chi connectivity index (χ2n) is 5.22. The number of pyridine rings is 1. The van der Waals surface area contributed by atoms with Crippen molar-refractivity contribution >= 4 is 34.7 Å². The van der Waals surface area contributed by atoms with Crippen LogP contribution in [0.25, 0.3) is 0 Å². The molecule has 2 aromatic carbocycles. The van der Waals surface area contributed by atoms with Crippen molar-refractivity contribution in [2.45, 2.75) is 0 Å². The van der Waals surface area contributed by atoms with Gasteiger partial charge in [-0.1, -0.05) is 29.8 Å². The fraction of sp³-hybridized carbons (Fsp3) is 0.0526. The van der Waals surface area contributed by atoms with Gasteiger partial charge < -0.3 is 15.4 Å². The molecule has 5 nitrogen and oxygen atoms in total. The summed E-state index contributed by atoms with van der Waals surface area (Å²) in [4.78, 5) is 16.5. The van der Waals surface area contributed by atoms with Crippen molar-refractivity contribution in [3.63, 3.8) is 0 Å². The number of rotatable bonds is 5. The molecule has 0 unspecified atom stereocenters. The molecule has 126 valence electrons. The number of carbonyl (C=O) groups excluding carboxylic acids is 1.